The zero-order chi connectivity index (χ0) is 7.91. The van der Waals surface area contributed by atoms with Gasteiger partial charge in [0.25, 0.3) is 0 Å². The van der Waals surface area contributed by atoms with Crippen molar-refractivity contribution in [1.82, 2.24) is 0 Å². The third-order valence-corrected chi connectivity index (χ3v) is 0.612. The van der Waals surface area contributed by atoms with Crippen LogP contribution in [-0.2, 0) is 4.74 Å². The molecule has 0 heterocycles. The molecule has 0 amide bonds. The maximum atomic E-state index is 4.94. The molecule has 0 saturated heterocycles. The fourth-order valence-corrected chi connectivity index (χ4v) is 0. The predicted molar refractivity (Wildman–Crippen MR) is 42.6 cm³/mol. The maximum Gasteiger partial charge on any atom is 0.0594 e. The molecule has 0 aliphatic carbocycles. The largest absolute Gasteiger partial charge is 0.379 e. The molecule has 0 radical (unpaired) electrons. The van der Waals surface area contributed by atoms with Crippen LogP contribution in [0.5, 0.6) is 0 Å². The summed E-state index contributed by atoms with van der Waals surface area (Å²) in [6.45, 7) is 11.3. The first-order valence-corrected chi connectivity index (χ1v) is 3.10. The molecule has 0 aromatic heterocycles. The van der Waals surface area contributed by atoms with Crippen LogP contribution in [0, 0.1) is 0 Å². The molecule has 0 aliphatic rings. The molecular formula is C8H18O. The number of rotatable bonds is 0. The Morgan fingerprint density at radius 3 is 1.44 bits per heavy atom. The Kier molecular flexibility index (Phi) is 7.44. The SMILES string of the molecule is C=CC.COC(C)(C)C. The molecular weight excluding hydrogens is 112 g/mol. The van der Waals surface area contributed by atoms with E-state index in [4.69, 9.17) is 4.74 Å². The van der Waals surface area contributed by atoms with Gasteiger partial charge < -0.3 is 4.74 Å². The molecule has 0 aromatic rings. The zero-order valence-electron chi connectivity index (χ0n) is 7.19. The van der Waals surface area contributed by atoms with E-state index in [9.17, 15) is 0 Å². The van der Waals surface area contributed by atoms with Gasteiger partial charge in [0.05, 0.1) is 5.60 Å². The van der Waals surface area contributed by atoms with E-state index in [2.05, 4.69) is 6.58 Å². The molecule has 0 bridgehead atoms. The van der Waals surface area contributed by atoms with Crippen LogP contribution in [-0.4, -0.2) is 12.7 Å². The molecule has 56 valence electrons. The molecule has 1 heteroatoms. The Morgan fingerprint density at radius 1 is 1.33 bits per heavy atom. The monoisotopic (exact) mass is 130 g/mol. The lowest BCUT2D eigenvalue weighted by Crippen LogP contribution is -2.15. The molecule has 0 atom stereocenters. The van der Waals surface area contributed by atoms with E-state index in [0.29, 0.717) is 0 Å². The molecule has 0 rings (SSSR count). The lowest BCUT2D eigenvalue weighted by atomic mass is 10.2. The molecule has 0 aliphatic heterocycles. The lowest BCUT2D eigenvalue weighted by Gasteiger charge is -2.14. The van der Waals surface area contributed by atoms with Crippen molar-refractivity contribution in [1.29, 1.82) is 0 Å². The van der Waals surface area contributed by atoms with Crippen LogP contribution in [0.3, 0.4) is 0 Å². The normalized spacial score (nSPS) is 9.44. The van der Waals surface area contributed by atoms with Gasteiger partial charge >= 0.3 is 0 Å². The van der Waals surface area contributed by atoms with Gasteiger partial charge in [-0.1, -0.05) is 6.08 Å². The Bertz CT molecular complexity index is 59.5. The van der Waals surface area contributed by atoms with Crippen LogP contribution >= 0.6 is 0 Å². The van der Waals surface area contributed by atoms with Crippen molar-refractivity contribution in [2.45, 2.75) is 33.3 Å². The summed E-state index contributed by atoms with van der Waals surface area (Å²) in [4.78, 5) is 0. The number of allylic oxidation sites excluding steroid dienone is 1. The average Bonchev–Trinajstić information content (AvgIpc) is 1.67. The second-order valence-corrected chi connectivity index (χ2v) is 2.72. The second-order valence-electron chi connectivity index (χ2n) is 2.72. The van der Waals surface area contributed by atoms with Gasteiger partial charge in [-0.05, 0) is 27.7 Å². The van der Waals surface area contributed by atoms with Crippen molar-refractivity contribution in [2.75, 3.05) is 7.11 Å². The smallest absolute Gasteiger partial charge is 0.0594 e. The van der Waals surface area contributed by atoms with Gasteiger partial charge in [0.1, 0.15) is 0 Å². The molecule has 0 aromatic carbocycles. The first-order chi connectivity index (χ1) is 3.97. The van der Waals surface area contributed by atoms with Crippen molar-refractivity contribution in [3.05, 3.63) is 12.7 Å². The van der Waals surface area contributed by atoms with Gasteiger partial charge in [-0.3, -0.25) is 0 Å². The van der Waals surface area contributed by atoms with E-state index in [0.717, 1.165) is 0 Å². The second kappa shape index (κ2) is 5.83. The summed E-state index contributed by atoms with van der Waals surface area (Å²) in [6, 6.07) is 0. The predicted octanol–water partition coefficient (Wildman–Crippen LogP) is 2.62. The van der Waals surface area contributed by atoms with Gasteiger partial charge in [-0.25, -0.2) is 0 Å². The molecule has 0 spiro atoms. The minimum Gasteiger partial charge on any atom is -0.379 e. The minimum atomic E-state index is 0.0417. The van der Waals surface area contributed by atoms with E-state index in [1.165, 1.54) is 0 Å². The van der Waals surface area contributed by atoms with Gasteiger partial charge in [0.2, 0.25) is 0 Å². The minimum absolute atomic E-state index is 0.0417. The zero-order valence-corrected chi connectivity index (χ0v) is 7.19. The summed E-state index contributed by atoms with van der Waals surface area (Å²) in [6.07, 6.45) is 1.75. The molecule has 0 N–H and O–H groups in total. The van der Waals surface area contributed by atoms with Crippen LogP contribution in [0.15, 0.2) is 12.7 Å². The van der Waals surface area contributed by atoms with Crippen molar-refractivity contribution < 1.29 is 4.74 Å². The van der Waals surface area contributed by atoms with Gasteiger partial charge in [-0.15, -0.1) is 6.58 Å². The highest BCUT2D eigenvalue weighted by Gasteiger charge is 2.03. The number of ether oxygens (including phenoxy) is 1. The maximum absolute atomic E-state index is 4.94. The van der Waals surface area contributed by atoms with Crippen molar-refractivity contribution >= 4 is 0 Å². The Labute approximate surface area is 58.7 Å². The summed E-state index contributed by atoms with van der Waals surface area (Å²) in [5, 5.41) is 0. The molecule has 9 heavy (non-hydrogen) atoms. The molecule has 0 unspecified atom stereocenters. The van der Waals surface area contributed by atoms with Gasteiger partial charge in [0, 0.05) is 7.11 Å². The van der Waals surface area contributed by atoms with Crippen LogP contribution in [0.25, 0.3) is 0 Å². The molecule has 0 saturated carbocycles. The third kappa shape index (κ3) is 34.3. The van der Waals surface area contributed by atoms with Crippen LogP contribution in [0.2, 0.25) is 0 Å². The Hall–Kier alpha value is -0.300. The molecule has 0 fully saturated rings. The quantitative estimate of drug-likeness (QED) is 0.458. The third-order valence-electron chi connectivity index (χ3n) is 0.612. The van der Waals surface area contributed by atoms with Gasteiger partial charge in [0.15, 0.2) is 0 Å². The summed E-state index contributed by atoms with van der Waals surface area (Å²) in [7, 11) is 1.71. The van der Waals surface area contributed by atoms with E-state index in [-0.39, 0.29) is 5.60 Å². The Morgan fingerprint density at radius 2 is 1.44 bits per heavy atom. The summed E-state index contributed by atoms with van der Waals surface area (Å²) in [5.74, 6) is 0. The topological polar surface area (TPSA) is 9.23 Å². The van der Waals surface area contributed by atoms with Crippen LogP contribution < -0.4 is 0 Å². The number of hydrogen-bond donors (Lipinski definition) is 0. The first kappa shape index (κ1) is 11.5. The fraction of sp³-hybridized carbons (Fsp3) is 0.750. The van der Waals surface area contributed by atoms with Crippen molar-refractivity contribution in [3.8, 4) is 0 Å². The standard InChI is InChI=1S/C5H12O.C3H6/c1-5(2,3)6-4;1-3-2/h1-4H3;3H,1H2,2H3. The van der Waals surface area contributed by atoms with E-state index in [1.807, 2.05) is 27.7 Å². The van der Waals surface area contributed by atoms with E-state index in [1.54, 1.807) is 13.2 Å². The highest BCUT2D eigenvalue weighted by Crippen LogP contribution is 2.02. The average molecular weight is 130 g/mol. The van der Waals surface area contributed by atoms with Crippen LogP contribution in [0.4, 0.5) is 0 Å². The molecule has 1 nitrogen and oxygen atoms in total. The highest BCUT2D eigenvalue weighted by atomic mass is 16.5. The van der Waals surface area contributed by atoms with E-state index >= 15 is 0 Å². The van der Waals surface area contributed by atoms with E-state index < -0.39 is 0 Å². The van der Waals surface area contributed by atoms with Crippen LogP contribution in [0.1, 0.15) is 27.7 Å². The highest BCUT2D eigenvalue weighted by molar-refractivity contribution is 4.55. The summed E-state index contributed by atoms with van der Waals surface area (Å²) < 4.78 is 4.94. The number of methoxy groups -OCH3 is 1. The summed E-state index contributed by atoms with van der Waals surface area (Å²) >= 11 is 0. The summed E-state index contributed by atoms with van der Waals surface area (Å²) in [5.41, 5.74) is 0.0417. The first-order valence-electron chi connectivity index (χ1n) is 3.10. The lowest BCUT2D eigenvalue weighted by molar-refractivity contribution is 0.0397. The van der Waals surface area contributed by atoms with Crippen molar-refractivity contribution in [3.63, 3.8) is 0 Å². The van der Waals surface area contributed by atoms with Crippen molar-refractivity contribution in [2.24, 2.45) is 0 Å². The fourth-order valence-electron chi connectivity index (χ4n) is 0. The number of hydrogen-bond acceptors (Lipinski definition) is 1. The van der Waals surface area contributed by atoms with Gasteiger partial charge in [-0.2, -0.15) is 0 Å². The Balaban J connectivity index is 0.